The first-order valence-corrected chi connectivity index (χ1v) is 6.81. The number of nitrogens with one attached hydrogen (secondary N) is 1. The molecule has 1 heterocycles. The Hall–Kier alpha value is -2.49. The van der Waals surface area contributed by atoms with E-state index >= 15 is 0 Å². The quantitative estimate of drug-likeness (QED) is 0.926. The third-order valence-corrected chi connectivity index (χ3v) is 3.75. The molecule has 1 unspecified atom stereocenters. The summed E-state index contributed by atoms with van der Waals surface area (Å²) < 4.78 is 10.3. The summed E-state index contributed by atoms with van der Waals surface area (Å²) in [4.78, 5) is 12.2. The Morgan fingerprint density at radius 1 is 1.14 bits per heavy atom. The van der Waals surface area contributed by atoms with Crippen molar-refractivity contribution in [2.45, 2.75) is 12.5 Å². The number of benzene rings is 1. The number of hydrogen-bond acceptors (Lipinski definition) is 4. The van der Waals surface area contributed by atoms with Gasteiger partial charge in [-0.3, -0.25) is 4.79 Å². The maximum absolute atomic E-state index is 12.2. The monoisotopic (exact) mass is 283 g/mol. The number of rotatable bonds is 3. The highest BCUT2D eigenvalue weighted by Gasteiger charge is 2.25. The van der Waals surface area contributed by atoms with Gasteiger partial charge in [0.05, 0.1) is 26.7 Å². The maximum atomic E-state index is 12.2. The van der Waals surface area contributed by atoms with Crippen LogP contribution in [0.2, 0.25) is 0 Å². The Morgan fingerprint density at radius 3 is 2.57 bits per heavy atom. The topological polar surface area (TPSA) is 47.6 Å². The molecule has 108 valence electrons. The lowest BCUT2D eigenvalue weighted by molar-refractivity contribution is -0.115. The summed E-state index contributed by atoms with van der Waals surface area (Å²) in [5.74, 6) is 1.62. The summed E-state index contributed by atoms with van der Waals surface area (Å²) in [6.45, 7) is 0. The first-order valence-electron chi connectivity index (χ1n) is 6.81. The molecule has 1 N–H and O–H groups in total. The fourth-order valence-corrected chi connectivity index (χ4v) is 2.55. The zero-order chi connectivity index (χ0) is 14.8. The standard InChI is InChI=1S/C17H17NO3/c1-20-13-5-3-11(4-6-13)16-9-15-12(10-18-16)7-14(21-2)8-17(15)19/h3-7,9-10,16,18H,8H2,1-2H3. The van der Waals surface area contributed by atoms with Gasteiger partial charge < -0.3 is 14.8 Å². The summed E-state index contributed by atoms with van der Waals surface area (Å²) in [6, 6.07) is 7.82. The Bertz CT molecular complexity index is 653. The molecule has 0 aromatic heterocycles. The summed E-state index contributed by atoms with van der Waals surface area (Å²) >= 11 is 0. The number of hydrogen-bond donors (Lipinski definition) is 1. The number of carbonyl (C=O) groups is 1. The Balaban J connectivity index is 1.88. The van der Waals surface area contributed by atoms with Crippen molar-refractivity contribution in [3.8, 4) is 5.75 Å². The molecule has 0 radical (unpaired) electrons. The molecule has 4 nitrogen and oxygen atoms in total. The van der Waals surface area contributed by atoms with Crippen molar-refractivity contribution in [2.75, 3.05) is 14.2 Å². The van der Waals surface area contributed by atoms with E-state index in [1.165, 1.54) is 0 Å². The Kier molecular flexibility index (Phi) is 3.52. The smallest absolute Gasteiger partial charge is 0.170 e. The molecule has 1 aliphatic carbocycles. The normalized spacial score (nSPS) is 20.6. The van der Waals surface area contributed by atoms with Gasteiger partial charge in [-0.1, -0.05) is 12.1 Å². The number of ketones is 1. The number of ether oxygens (including phenoxy) is 2. The van der Waals surface area contributed by atoms with E-state index in [0.29, 0.717) is 12.2 Å². The minimum atomic E-state index is -0.00361. The number of carbonyl (C=O) groups excluding carboxylic acids is 1. The minimum absolute atomic E-state index is 0.00361. The van der Waals surface area contributed by atoms with E-state index in [2.05, 4.69) is 5.32 Å². The third-order valence-electron chi connectivity index (χ3n) is 3.75. The molecule has 2 aliphatic rings. The van der Waals surface area contributed by atoms with Gasteiger partial charge in [0.15, 0.2) is 5.78 Å². The van der Waals surface area contributed by atoms with Crippen LogP contribution in [0.4, 0.5) is 0 Å². The molecule has 0 bridgehead atoms. The molecule has 21 heavy (non-hydrogen) atoms. The highest BCUT2D eigenvalue weighted by Crippen LogP contribution is 2.31. The lowest BCUT2D eigenvalue weighted by Gasteiger charge is -2.25. The van der Waals surface area contributed by atoms with Gasteiger partial charge >= 0.3 is 0 Å². The van der Waals surface area contributed by atoms with Crippen LogP contribution in [-0.2, 0) is 9.53 Å². The molecular formula is C17H17NO3. The molecule has 1 aromatic rings. The van der Waals surface area contributed by atoms with E-state index in [4.69, 9.17) is 9.47 Å². The lowest BCUT2D eigenvalue weighted by Crippen LogP contribution is -2.23. The average Bonchev–Trinajstić information content (AvgIpc) is 2.54. The van der Waals surface area contributed by atoms with Crippen LogP contribution >= 0.6 is 0 Å². The second-order valence-electron chi connectivity index (χ2n) is 5.01. The number of fused-ring (bicyclic) bond motifs is 1. The van der Waals surface area contributed by atoms with E-state index in [-0.39, 0.29) is 11.8 Å². The van der Waals surface area contributed by atoms with Gasteiger partial charge in [-0.2, -0.15) is 0 Å². The van der Waals surface area contributed by atoms with Crippen LogP contribution in [0.15, 0.2) is 59.5 Å². The SMILES string of the molecule is COC1=CC2=CNC(c3ccc(OC)cc3)C=C2C(=O)C1. The molecule has 1 aliphatic heterocycles. The molecule has 4 heteroatoms. The molecule has 0 saturated carbocycles. The second-order valence-corrected chi connectivity index (χ2v) is 5.01. The first kappa shape index (κ1) is 13.5. The van der Waals surface area contributed by atoms with Crippen LogP contribution in [0.3, 0.4) is 0 Å². The lowest BCUT2D eigenvalue weighted by atomic mass is 9.88. The summed E-state index contributed by atoms with van der Waals surface area (Å²) in [5, 5.41) is 3.31. The van der Waals surface area contributed by atoms with Crippen LogP contribution in [-0.4, -0.2) is 20.0 Å². The van der Waals surface area contributed by atoms with Crippen molar-refractivity contribution < 1.29 is 14.3 Å². The number of methoxy groups -OCH3 is 2. The Morgan fingerprint density at radius 2 is 1.90 bits per heavy atom. The van der Waals surface area contributed by atoms with E-state index < -0.39 is 0 Å². The van der Waals surface area contributed by atoms with Crippen molar-refractivity contribution in [3.05, 3.63) is 65.1 Å². The summed E-state index contributed by atoms with van der Waals surface area (Å²) in [6.07, 6.45) is 6.09. The zero-order valence-electron chi connectivity index (χ0n) is 12.1. The molecule has 1 aromatic carbocycles. The van der Waals surface area contributed by atoms with Gasteiger partial charge in [0.2, 0.25) is 0 Å². The number of allylic oxidation sites excluding steroid dienone is 4. The molecule has 1 atom stereocenters. The fourth-order valence-electron chi connectivity index (χ4n) is 2.55. The molecule has 0 amide bonds. The van der Waals surface area contributed by atoms with Gasteiger partial charge in [0.1, 0.15) is 11.5 Å². The predicted octanol–water partition coefficient (Wildman–Crippen LogP) is 2.65. The van der Waals surface area contributed by atoms with Crippen LogP contribution in [0.25, 0.3) is 0 Å². The first-order chi connectivity index (χ1) is 10.2. The van der Waals surface area contributed by atoms with Crippen molar-refractivity contribution in [1.29, 1.82) is 0 Å². The highest BCUT2D eigenvalue weighted by molar-refractivity contribution is 6.03. The van der Waals surface area contributed by atoms with Crippen LogP contribution < -0.4 is 10.1 Å². The van der Waals surface area contributed by atoms with Crippen molar-refractivity contribution >= 4 is 5.78 Å². The van der Waals surface area contributed by atoms with Crippen LogP contribution in [0.5, 0.6) is 5.75 Å². The van der Waals surface area contributed by atoms with Gasteiger partial charge in [-0.05, 0) is 29.8 Å². The predicted molar refractivity (Wildman–Crippen MR) is 79.8 cm³/mol. The van der Waals surface area contributed by atoms with Crippen LogP contribution in [0.1, 0.15) is 18.0 Å². The van der Waals surface area contributed by atoms with E-state index in [0.717, 1.165) is 22.5 Å². The average molecular weight is 283 g/mol. The maximum Gasteiger partial charge on any atom is 0.170 e. The van der Waals surface area contributed by atoms with Gasteiger partial charge in [0, 0.05) is 17.3 Å². The molecule has 0 saturated heterocycles. The molecule has 0 spiro atoms. The van der Waals surface area contributed by atoms with Gasteiger partial charge in [0.25, 0.3) is 0 Å². The Labute approximate surface area is 123 Å². The van der Waals surface area contributed by atoms with Crippen LogP contribution in [0, 0.1) is 0 Å². The van der Waals surface area contributed by atoms with Gasteiger partial charge in [-0.25, -0.2) is 0 Å². The summed E-state index contributed by atoms with van der Waals surface area (Å²) in [7, 11) is 3.23. The highest BCUT2D eigenvalue weighted by atomic mass is 16.5. The van der Waals surface area contributed by atoms with Crippen molar-refractivity contribution in [2.24, 2.45) is 0 Å². The van der Waals surface area contributed by atoms with E-state index in [1.54, 1.807) is 14.2 Å². The van der Waals surface area contributed by atoms with Crippen molar-refractivity contribution in [1.82, 2.24) is 5.32 Å². The molecule has 0 fully saturated rings. The molecular weight excluding hydrogens is 266 g/mol. The number of dihydropyridines is 1. The zero-order valence-corrected chi connectivity index (χ0v) is 12.1. The largest absolute Gasteiger partial charge is 0.501 e. The molecule has 3 rings (SSSR count). The van der Waals surface area contributed by atoms with Crippen molar-refractivity contribution in [3.63, 3.8) is 0 Å². The number of Topliss-reactive ketones (excluding diaryl/α,β-unsaturated/α-hetero) is 1. The van der Waals surface area contributed by atoms with E-state index in [9.17, 15) is 4.79 Å². The second kappa shape index (κ2) is 5.48. The summed E-state index contributed by atoms with van der Waals surface area (Å²) in [5.41, 5.74) is 2.73. The minimum Gasteiger partial charge on any atom is -0.501 e. The fraction of sp³-hybridized carbons (Fsp3) is 0.235. The van der Waals surface area contributed by atoms with E-state index in [1.807, 2.05) is 42.6 Å². The third kappa shape index (κ3) is 2.57. The van der Waals surface area contributed by atoms with Gasteiger partial charge in [-0.15, -0.1) is 0 Å².